The van der Waals surface area contributed by atoms with Crippen LogP contribution in [0.5, 0.6) is 0 Å². The molecule has 1 amide bonds. The number of nitrogens with one attached hydrogen (secondary N) is 1. The van der Waals surface area contributed by atoms with E-state index in [0.29, 0.717) is 45.4 Å². The number of aryl methyl sites for hydroxylation is 1. The normalized spacial score (nSPS) is 23.6. The molecule has 9 nitrogen and oxygen atoms in total. The highest BCUT2D eigenvalue weighted by Crippen LogP contribution is 2.23. The Morgan fingerprint density at radius 2 is 2.03 bits per heavy atom. The Hall–Kier alpha value is -2.43. The van der Waals surface area contributed by atoms with Crippen LogP contribution in [0.25, 0.3) is 0 Å². The summed E-state index contributed by atoms with van der Waals surface area (Å²) in [5.41, 5.74) is 0.980. The number of likely N-dealkylation sites (tertiary alicyclic amines) is 1. The molecule has 3 unspecified atom stereocenters. The average molecular weight is 493 g/mol. The molecular weight excluding hydrogens is 456 g/mol. The number of ether oxygens (including phenoxy) is 1. The second kappa shape index (κ2) is 12.3. The molecule has 2 aliphatic heterocycles. The smallest absolute Gasteiger partial charge is 0.409 e. The van der Waals surface area contributed by atoms with E-state index in [1.165, 1.54) is 0 Å². The Labute approximate surface area is 202 Å². The summed E-state index contributed by atoms with van der Waals surface area (Å²) >= 11 is 0. The first-order valence-corrected chi connectivity index (χ1v) is 13.2. The Morgan fingerprint density at radius 3 is 2.74 bits per heavy atom. The van der Waals surface area contributed by atoms with Crippen molar-refractivity contribution in [2.24, 2.45) is 11.0 Å². The Kier molecular flexibility index (Phi) is 9.49. The van der Waals surface area contributed by atoms with E-state index >= 15 is 0 Å². The Bertz CT molecular complexity index is 929. The fourth-order valence-electron chi connectivity index (χ4n) is 4.52. The molecule has 0 aliphatic carbocycles. The van der Waals surface area contributed by atoms with Crippen molar-refractivity contribution in [3.05, 3.63) is 42.6 Å². The second-order valence-electron chi connectivity index (χ2n) is 8.83. The van der Waals surface area contributed by atoms with E-state index in [9.17, 15) is 13.2 Å². The number of rotatable bonds is 9. The first-order valence-electron chi connectivity index (χ1n) is 11.8. The van der Waals surface area contributed by atoms with Crippen LogP contribution in [0.2, 0.25) is 0 Å². The largest absolute Gasteiger partial charge is 0.449 e. The monoisotopic (exact) mass is 492 g/mol. The molecule has 188 valence electrons. The van der Waals surface area contributed by atoms with E-state index in [2.05, 4.69) is 23.7 Å². The minimum atomic E-state index is -3.84. The molecule has 1 aromatic carbocycles. The van der Waals surface area contributed by atoms with Gasteiger partial charge in [0.05, 0.1) is 23.6 Å². The molecule has 3 atom stereocenters. The molecule has 0 aromatic heterocycles. The summed E-state index contributed by atoms with van der Waals surface area (Å²) in [6.07, 6.45) is 4.12. The summed E-state index contributed by atoms with van der Waals surface area (Å²) in [6.45, 7) is 12.2. The standard InChI is InChI=1S/C24H36N4O5S/c1-4-28(25-3)23-11-14-26-18-20(23)13-17-32-24(29)27-15-5-6-21(12-16-27)33-34(30,31)22-9-7-19(2)8-10-22/h4,7-10,20-21,23,26H,1,3,5-6,11-18H2,2H3. The first-order chi connectivity index (χ1) is 16.3. The summed E-state index contributed by atoms with van der Waals surface area (Å²) in [5, 5.41) is 9.19. The van der Waals surface area contributed by atoms with Gasteiger partial charge in [0.2, 0.25) is 0 Å². The van der Waals surface area contributed by atoms with Crippen LogP contribution in [0.1, 0.15) is 37.7 Å². The Morgan fingerprint density at radius 1 is 1.26 bits per heavy atom. The van der Waals surface area contributed by atoms with Gasteiger partial charge in [0.1, 0.15) is 0 Å². The average Bonchev–Trinajstić information content (AvgIpc) is 3.06. The zero-order chi connectivity index (χ0) is 24.6. The van der Waals surface area contributed by atoms with Crippen LogP contribution in [0, 0.1) is 12.8 Å². The lowest BCUT2D eigenvalue weighted by molar-refractivity contribution is 0.0835. The van der Waals surface area contributed by atoms with Gasteiger partial charge in [-0.15, -0.1) is 0 Å². The molecule has 2 aliphatic rings. The highest BCUT2D eigenvalue weighted by molar-refractivity contribution is 7.86. The molecule has 3 rings (SSSR count). The van der Waals surface area contributed by atoms with Gasteiger partial charge < -0.3 is 15.0 Å². The van der Waals surface area contributed by atoms with E-state index in [0.717, 1.165) is 25.1 Å². The van der Waals surface area contributed by atoms with E-state index in [1.807, 2.05) is 6.92 Å². The minimum absolute atomic E-state index is 0.149. The van der Waals surface area contributed by atoms with Crippen molar-refractivity contribution in [1.82, 2.24) is 15.2 Å². The van der Waals surface area contributed by atoms with Crippen LogP contribution in [0.15, 0.2) is 47.0 Å². The van der Waals surface area contributed by atoms with E-state index < -0.39 is 16.2 Å². The number of benzene rings is 1. The molecule has 0 radical (unpaired) electrons. The molecular formula is C24H36N4O5S. The van der Waals surface area contributed by atoms with Crippen molar-refractivity contribution in [2.45, 2.75) is 56.1 Å². The maximum Gasteiger partial charge on any atom is 0.409 e. The fourth-order valence-corrected chi connectivity index (χ4v) is 5.65. The third kappa shape index (κ3) is 7.04. The first kappa shape index (κ1) is 26.2. The van der Waals surface area contributed by atoms with Crippen molar-refractivity contribution in [1.29, 1.82) is 0 Å². The van der Waals surface area contributed by atoms with Crippen LogP contribution in [-0.2, 0) is 19.0 Å². The molecule has 2 saturated heterocycles. The number of nitrogens with zero attached hydrogens (tertiary/aromatic N) is 3. The van der Waals surface area contributed by atoms with Gasteiger partial charge in [-0.1, -0.05) is 24.3 Å². The molecule has 1 N–H and O–H groups in total. The van der Waals surface area contributed by atoms with Crippen LogP contribution >= 0.6 is 0 Å². The van der Waals surface area contributed by atoms with Crippen molar-refractivity contribution in [3.8, 4) is 0 Å². The highest BCUT2D eigenvalue weighted by Gasteiger charge is 2.30. The summed E-state index contributed by atoms with van der Waals surface area (Å²) in [5.74, 6) is 0.263. The molecule has 2 fully saturated rings. The number of piperidine rings is 1. The maximum absolute atomic E-state index is 12.6. The molecule has 0 saturated carbocycles. The zero-order valence-corrected chi connectivity index (χ0v) is 20.7. The number of carbonyl (C=O) groups is 1. The van der Waals surface area contributed by atoms with Gasteiger partial charge >= 0.3 is 6.09 Å². The van der Waals surface area contributed by atoms with Gasteiger partial charge in [-0.05, 0) is 63.6 Å². The predicted octanol–water partition coefficient (Wildman–Crippen LogP) is 3.12. The van der Waals surface area contributed by atoms with E-state index in [1.54, 1.807) is 40.4 Å². The maximum atomic E-state index is 12.6. The zero-order valence-electron chi connectivity index (χ0n) is 19.9. The minimum Gasteiger partial charge on any atom is -0.449 e. The van der Waals surface area contributed by atoms with Crippen LogP contribution < -0.4 is 5.32 Å². The van der Waals surface area contributed by atoms with Crippen molar-refractivity contribution in [2.75, 3.05) is 32.8 Å². The quantitative estimate of drug-likeness (QED) is 0.321. The van der Waals surface area contributed by atoms with Gasteiger partial charge in [0, 0.05) is 32.6 Å². The van der Waals surface area contributed by atoms with Gasteiger partial charge in [-0.2, -0.15) is 13.5 Å². The molecule has 2 heterocycles. The van der Waals surface area contributed by atoms with Crippen LogP contribution in [0.4, 0.5) is 4.79 Å². The fraction of sp³-hybridized carbons (Fsp3) is 0.583. The van der Waals surface area contributed by atoms with Crippen molar-refractivity contribution < 1.29 is 22.1 Å². The topological polar surface area (TPSA) is 101 Å². The van der Waals surface area contributed by atoms with Gasteiger partial charge in [0.25, 0.3) is 10.1 Å². The van der Waals surface area contributed by atoms with E-state index in [-0.39, 0.29) is 22.9 Å². The summed E-state index contributed by atoms with van der Waals surface area (Å²) in [4.78, 5) is 14.4. The predicted molar refractivity (Wildman–Crippen MR) is 131 cm³/mol. The van der Waals surface area contributed by atoms with Crippen LogP contribution in [0.3, 0.4) is 0 Å². The lowest BCUT2D eigenvalue weighted by Gasteiger charge is -2.36. The summed E-state index contributed by atoms with van der Waals surface area (Å²) in [7, 11) is -3.84. The van der Waals surface area contributed by atoms with Crippen molar-refractivity contribution in [3.63, 3.8) is 0 Å². The van der Waals surface area contributed by atoms with Crippen molar-refractivity contribution >= 4 is 22.9 Å². The molecule has 0 spiro atoms. The van der Waals surface area contributed by atoms with Gasteiger partial charge in [-0.3, -0.25) is 9.19 Å². The lowest BCUT2D eigenvalue weighted by atomic mass is 9.90. The van der Waals surface area contributed by atoms with Crippen LogP contribution in [-0.4, -0.2) is 76.1 Å². The summed E-state index contributed by atoms with van der Waals surface area (Å²) < 4.78 is 36.2. The third-order valence-corrected chi connectivity index (χ3v) is 7.85. The number of hydrogen-bond acceptors (Lipinski definition) is 8. The molecule has 34 heavy (non-hydrogen) atoms. The Balaban J connectivity index is 1.46. The molecule has 10 heteroatoms. The SMILES string of the molecule is C=CN(N=C)C1CCNCC1CCOC(=O)N1CCCC(OS(=O)(=O)c2ccc(C)cc2)CC1. The van der Waals surface area contributed by atoms with Gasteiger partial charge in [-0.25, -0.2) is 4.79 Å². The van der Waals surface area contributed by atoms with Gasteiger partial charge in [0.15, 0.2) is 0 Å². The third-order valence-electron chi connectivity index (χ3n) is 6.48. The number of carbonyl (C=O) groups excluding carboxylic acids is 1. The highest BCUT2D eigenvalue weighted by atomic mass is 32.2. The lowest BCUT2D eigenvalue weighted by Crippen LogP contribution is -2.46. The summed E-state index contributed by atoms with van der Waals surface area (Å²) in [6, 6.07) is 6.78. The van der Waals surface area contributed by atoms with E-state index in [4.69, 9.17) is 8.92 Å². The number of amides is 1. The molecule has 1 aromatic rings. The molecule has 0 bridgehead atoms. The number of hydrazone groups is 1. The second-order valence-corrected chi connectivity index (χ2v) is 10.4. The number of hydrogen-bond donors (Lipinski definition) is 1.